The Labute approximate surface area is 74.1 Å². The summed E-state index contributed by atoms with van der Waals surface area (Å²) < 4.78 is 4.94. The molecule has 1 rings (SSSR count). The molecule has 2 nitrogen and oxygen atoms in total. The van der Waals surface area contributed by atoms with Gasteiger partial charge in [0, 0.05) is 6.54 Å². The molecule has 0 aliphatic carbocycles. The first-order chi connectivity index (χ1) is 4.86. The zero-order valence-corrected chi connectivity index (χ0v) is 7.54. The fourth-order valence-corrected chi connectivity index (χ4v) is 0.971. The molecule has 0 amide bonds. The monoisotopic (exact) mass is 249 g/mol. The van der Waals surface area contributed by atoms with Crippen LogP contribution in [0.1, 0.15) is 5.56 Å². The van der Waals surface area contributed by atoms with E-state index in [0.29, 0.717) is 6.54 Å². The maximum absolute atomic E-state index is 5.40. The zero-order valence-electron chi connectivity index (χ0n) is 5.38. The number of benzene rings is 1. The first-order valence-corrected chi connectivity index (χ1v) is 3.82. The minimum atomic E-state index is 0.585. The lowest BCUT2D eigenvalue weighted by molar-refractivity contribution is 0.716. The SMILES string of the molecule is NCc1ccc(OI)cc1. The molecular formula is C7H8INO. The van der Waals surface area contributed by atoms with Crippen molar-refractivity contribution in [3.05, 3.63) is 29.8 Å². The van der Waals surface area contributed by atoms with Crippen LogP contribution < -0.4 is 8.80 Å². The third-order valence-electron chi connectivity index (χ3n) is 1.25. The highest BCUT2D eigenvalue weighted by Gasteiger charge is 1.90. The Morgan fingerprint density at radius 2 is 1.90 bits per heavy atom. The van der Waals surface area contributed by atoms with E-state index in [1.54, 1.807) is 0 Å². The second kappa shape index (κ2) is 3.78. The van der Waals surface area contributed by atoms with Crippen molar-refractivity contribution in [1.29, 1.82) is 0 Å². The van der Waals surface area contributed by atoms with E-state index in [2.05, 4.69) is 0 Å². The van der Waals surface area contributed by atoms with E-state index in [0.717, 1.165) is 11.3 Å². The van der Waals surface area contributed by atoms with Crippen molar-refractivity contribution in [1.82, 2.24) is 0 Å². The van der Waals surface area contributed by atoms with Gasteiger partial charge < -0.3 is 8.80 Å². The van der Waals surface area contributed by atoms with Crippen molar-refractivity contribution in [2.24, 2.45) is 5.73 Å². The summed E-state index contributed by atoms with van der Waals surface area (Å²) in [6.07, 6.45) is 0. The zero-order chi connectivity index (χ0) is 7.40. The van der Waals surface area contributed by atoms with E-state index in [1.807, 2.05) is 47.3 Å². The number of hydrogen-bond acceptors (Lipinski definition) is 2. The van der Waals surface area contributed by atoms with Crippen LogP contribution in [-0.2, 0) is 6.54 Å². The van der Waals surface area contributed by atoms with Gasteiger partial charge in [-0.05, 0) is 17.7 Å². The van der Waals surface area contributed by atoms with Gasteiger partial charge in [0.05, 0.1) is 0 Å². The van der Waals surface area contributed by atoms with Gasteiger partial charge >= 0.3 is 0 Å². The van der Waals surface area contributed by atoms with Crippen molar-refractivity contribution in [3.8, 4) is 5.75 Å². The molecule has 54 valence electrons. The second-order valence-electron chi connectivity index (χ2n) is 1.93. The molecular weight excluding hydrogens is 241 g/mol. The minimum Gasteiger partial charge on any atom is -0.428 e. The highest BCUT2D eigenvalue weighted by atomic mass is 127. The molecule has 1 aromatic rings. The first-order valence-electron chi connectivity index (χ1n) is 2.94. The predicted molar refractivity (Wildman–Crippen MR) is 49.0 cm³/mol. The van der Waals surface area contributed by atoms with Gasteiger partial charge in [-0.1, -0.05) is 12.1 Å². The molecule has 0 atom stereocenters. The smallest absolute Gasteiger partial charge is 0.192 e. The second-order valence-corrected chi connectivity index (χ2v) is 2.37. The number of rotatable bonds is 2. The van der Waals surface area contributed by atoms with Gasteiger partial charge in [0.15, 0.2) is 23.0 Å². The van der Waals surface area contributed by atoms with Gasteiger partial charge in [0.1, 0.15) is 5.75 Å². The molecule has 3 heteroatoms. The summed E-state index contributed by atoms with van der Waals surface area (Å²) in [4.78, 5) is 0. The Balaban J connectivity index is 2.80. The summed E-state index contributed by atoms with van der Waals surface area (Å²) in [6, 6.07) is 7.70. The lowest BCUT2D eigenvalue weighted by Crippen LogP contribution is -1.94. The van der Waals surface area contributed by atoms with E-state index in [4.69, 9.17) is 8.80 Å². The summed E-state index contributed by atoms with van der Waals surface area (Å²) in [5.74, 6) is 0.859. The van der Waals surface area contributed by atoms with Crippen LogP contribution in [0.4, 0.5) is 0 Å². The largest absolute Gasteiger partial charge is 0.428 e. The van der Waals surface area contributed by atoms with E-state index in [9.17, 15) is 0 Å². The van der Waals surface area contributed by atoms with Gasteiger partial charge in [0.25, 0.3) is 0 Å². The van der Waals surface area contributed by atoms with Crippen LogP contribution in [0.2, 0.25) is 0 Å². The van der Waals surface area contributed by atoms with Crippen molar-refractivity contribution >= 4 is 23.0 Å². The van der Waals surface area contributed by atoms with E-state index < -0.39 is 0 Å². The van der Waals surface area contributed by atoms with Crippen molar-refractivity contribution in [2.45, 2.75) is 6.54 Å². The van der Waals surface area contributed by atoms with Crippen LogP contribution in [0, 0.1) is 0 Å². The Morgan fingerprint density at radius 3 is 2.30 bits per heavy atom. The number of nitrogens with two attached hydrogens (primary N) is 1. The summed E-state index contributed by atoms with van der Waals surface area (Å²) in [5, 5.41) is 0. The summed E-state index contributed by atoms with van der Waals surface area (Å²) in [6.45, 7) is 0.585. The van der Waals surface area contributed by atoms with Crippen molar-refractivity contribution in [3.63, 3.8) is 0 Å². The van der Waals surface area contributed by atoms with Crippen LogP contribution in [-0.4, -0.2) is 0 Å². The van der Waals surface area contributed by atoms with E-state index in [1.165, 1.54) is 0 Å². The Hall–Kier alpha value is -0.290. The Bertz CT molecular complexity index is 174. The van der Waals surface area contributed by atoms with Crippen LogP contribution in [0.25, 0.3) is 0 Å². The molecule has 1 aromatic carbocycles. The number of halogens is 1. The molecule has 0 fully saturated rings. The quantitative estimate of drug-likeness (QED) is 0.812. The first kappa shape index (κ1) is 7.81. The normalized spacial score (nSPS) is 9.40. The van der Waals surface area contributed by atoms with E-state index >= 15 is 0 Å². The third kappa shape index (κ3) is 1.85. The summed E-state index contributed by atoms with van der Waals surface area (Å²) in [5.41, 5.74) is 6.52. The molecule has 0 unspecified atom stereocenters. The lowest BCUT2D eigenvalue weighted by atomic mass is 10.2. The van der Waals surface area contributed by atoms with Gasteiger partial charge in [-0.3, -0.25) is 0 Å². The Kier molecular flexibility index (Phi) is 2.95. The fraction of sp³-hybridized carbons (Fsp3) is 0.143. The molecule has 0 heterocycles. The van der Waals surface area contributed by atoms with Gasteiger partial charge in [-0.25, -0.2) is 0 Å². The maximum atomic E-state index is 5.40. The van der Waals surface area contributed by atoms with Gasteiger partial charge in [0.2, 0.25) is 0 Å². The average Bonchev–Trinajstić information content (AvgIpc) is 2.05. The summed E-state index contributed by atoms with van der Waals surface area (Å²) >= 11 is 1.85. The van der Waals surface area contributed by atoms with Crippen LogP contribution in [0.3, 0.4) is 0 Å². The van der Waals surface area contributed by atoms with Crippen LogP contribution in [0.5, 0.6) is 5.75 Å². The molecule has 10 heavy (non-hydrogen) atoms. The third-order valence-corrected chi connectivity index (χ3v) is 1.76. The molecule has 0 aliphatic heterocycles. The highest BCUT2D eigenvalue weighted by Crippen LogP contribution is 2.13. The standard InChI is InChI=1S/C7H8INO/c8-10-7-3-1-6(5-9)2-4-7/h1-4H,5,9H2. The molecule has 0 aliphatic rings. The average molecular weight is 249 g/mol. The van der Waals surface area contributed by atoms with Crippen molar-refractivity contribution < 1.29 is 3.07 Å². The fourth-order valence-electron chi connectivity index (χ4n) is 0.677. The highest BCUT2D eigenvalue weighted by molar-refractivity contribution is 14.1. The summed E-state index contributed by atoms with van der Waals surface area (Å²) in [7, 11) is 0. The Morgan fingerprint density at radius 1 is 1.30 bits per heavy atom. The molecule has 0 aromatic heterocycles. The molecule has 2 N–H and O–H groups in total. The maximum Gasteiger partial charge on any atom is 0.192 e. The van der Waals surface area contributed by atoms with E-state index in [-0.39, 0.29) is 0 Å². The molecule has 0 bridgehead atoms. The molecule has 0 saturated carbocycles. The van der Waals surface area contributed by atoms with Gasteiger partial charge in [-0.15, -0.1) is 0 Å². The molecule has 0 radical (unpaired) electrons. The molecule has 0 spiro atoms. The topological polar surface area (TPSA) is 35.2 Å². The lowest BCUT2D eigenvalue weighted by Gasteiger charge is -1.97. The predicted octanol–water partition coefficient (Wildman–Crippen LogP) is 1.87. The number of hydrogen-bond donors (Lipinski definition) is 1. The van der Waals surface area contributed by atoms with Gasteiger partial charge in [-0.2, -0.15) is 0 Å². The minimum absolute atomic E-state index is 0.585. The molecule has 0 saturated heterocycles. The van der Waals surface area contributed by atoms with Crippen molar-refractivity contribution in [2.75, 3.05) is 0 Å². The van der Waals surface area contributed by atoms with Crippen LogP contribution >= 0.6 is 23.0 Å². The van der Waals surface area contributed by atoms with Crippen LogP contribution in [0.15, 0.2) is 24.3 Å².